The van der Waals surface area contributed by atoms with Gasteiger partial charge in [-0.1, -0.05) is 27.7 Å². The molecule has 0 saturated carbocycles. The van der Waals surface area contributed by atoms with Crippen molar-refractivity contribution in [3.63, 3.8) is 0 Å². The van der Waals surface area contributed by atoms with E-state index in [1.54, 1.807) is 32.8 Å². The van der Waals surface area contributed by atoms with E-state index in [1.165, 1.54) is 17.8 Å². The Labute approximate surface area is 275 Å². The highest BCUT2D eigenvalue weighted by Gasteiger charge is 2.54. The molecule has 0 radical (unpaired) electrons. The first-order valence-electron chi connectivity index (χ1n) is 15.8. The lowest BCUT2D eigenvalue weighted by Gasteiger charge is -2.30. The molecule has 0 bridgehead atoms. The summed E-state index contributed by atoms with van der Waals surface area (Å²) in [5.74, 6) is -0.892. The van der Waals surface area contributed by atoms with Gasteiger partial charge in [-0.25, -0.2) is 15.2 Å². The number of anilines is 2. The fourth-order valence-corrected chi connectivity index (χ4v) is 7.13. The molecule has 17 nitrogen and oxygen atoms in total. The van der Waals surface area contributed by atoms with E-state index in [-0.39, 0.29) is 49.5 Å². The van der Waals surface area contributed by atoms with Crippen LogP contribution in [0, 0.1) is 11.8 Å². The maximum atomic E-state index is 14.6. The third kappa shape index (κ3) is 9.37. The molecule has 266 valence electrons. The number of aliphatic hydroxyl groups excluding tert-OH is 1. The third-order valence-corrected chi connectivity index (χ3v) is 9.30. The van der Waals surface area contributed by atoms with E-state index in [2.05, 4.69) is 25.1 Å². The molecular formula is C29H51N8O9P. The molecule has 6 atom stereocenters. The number of carbonyl (C=O) groups is 2. The van der Waals surface area contributed by atoms with Crippen LogP contribution in [0.1, 0.15) is 67.5 Å². The number of hydrogen-bond donors (Lipinski definition) is 5. The first-order chi connectivity index (χ1) is 21.9. The average Bonchev–Trinajstić information content (AvgIpc) is 3.47. The Hall–Kier alpha value is -2.92. The van der Waals surface area contributed by atoms with Crippen LogP contribution in [-0.4, -0.2) is 105 Å². The van der Waals surface area contributed by atoms with E-state index in [0.29, 0.717) is 11.3 Å². The molecule has 18 heteroatoms. The first-order valence-corrected chi connectivity index (χ1v) is 17.4. The third-order valence-electron chi connectivity index (χ3n) is 7.48. The Morgan fingerprint density at radius 3 is 2.09 bits per heavy atom. The summed E-state index contributed by atoms with van der Waals surface area (Å²) < 4.78 is 38.5. The van der Waals surface area contributed by atoms with Crippen LogP contribution in [0.5, 0.6) is 0 Å². The van der Waals surface area contributed by atoms with Gasteiger partial charge in [-0.05, 0) is 45.4 Å². The molecule has 47 heavy (non-hydrogen) atoms. The van der Waals surface area contributed by atoms with Crippen molar-refractivity contribution in [2.45, 2.75) is 97.4 Å². The molecule has 1 aliphatic heterocycles. The predicted molar refractivity (Wildman–Crippen MR) is 174 cm³/mol. The molecule has 0 amide bonds. The van der Waals surface area contributed by atoms with Crippen LogP contribution < -0.4 is 20.8 Å². The predicted octanol–water partition coefficient (Wildman–Crippen LogP) is 1.74. The number of fused-ring (bicyclic) bond motifs is 1. The number of hydrogen-bond acceptors (Lipinski definition) is 14. The van der Waals surface area contributed by atoms with Gasteiger partial charge in [-0.2, -0.15) is 9.97 Å². The van der Waals surface area contributed by atoms with Crippen LogP contribution in [0.3, 0.4) is 0 Å². The van der Waals surface area contributed by atoms with Crippen LogP contribution in [0.4, 0.5) is 11.8 Å². The zero-order chi connectivity index (χ0) is 35.3. The Kier molecular flexibility index (Phi) is 13.1. The molecule has 2 aromatic heterocycles. The number of aromatic nitrogens is 4. The zero-order valence-corrected chi connectivity index (χ0v) is 29.6. The number of nitrogens with one attached hydrogen (secondary N) is 2. The van der Waals surface area contributed by atoms with Gasteiger partial charge in [0.1, 0.15) is 29.9 Å². The van der Waals surface area contributed by atoms with Crippen molar-refractivity contribution in [1.82, 2.24) is 29.7 Å². The summed E-state index contributed by atoms with van der Waals surface area (Å²) in [6.07, 6.45) is -2.11. The van der Waals surface area contributed by atoms with Gasteiger partial charge in [-0.15, -0.1) is 0 Å². The second-order valence-corrected chi connectivity index (χ2v) is 14.7. The Balaban J connectivity index is 1.95. The number of nitrogens with zero attached hydrogens (tertiary/aromatic N) is 5. The smallest absolute Gasteiger partial charge is 0.342 e. The normalized spacial score (nSPS) is 23.0. The van der Waals surface area contributed by atoms with Gasteiger partial charge in [0.05, 0.1) is 26.1 Å². The zero-order valence-electron chi connectivity index (χ0n) is 28.7. The van der Waals surface area contributed by atoms with Crippen LogP contribution in [0.15, 0.2) is 6.33 Å². The maximum absolute atomic E-state index is 14.6. The monoisotopic (exact) mass is 686 g/mol. The van der Waals surface area contributed by atoms with Crippen molar-refractivity contribution in [3.05, 3.63) is 6.33 Å². The van der Waals surface area contributed by atoms with Crippen molar-refractivity contribution >= 4 is 42.5 Å². The minimum atomic E-state index is -4.30. The summed E-state index contributed by atoms with van der Waals surface area (Å²) in [7, 11) is -0.769. The first kappa shape index (κ1) is 38.5. The standard InChI is InChI=1S/C29H51N8O9P/c1-10-43-25(39)18(12-16(3)4)34-47(42,35-19(13-17(5)6)26(40)44-11-2)45-14-20-22(38)29(7,41)27(46-20)37-15-31-21-23(36(8)9)32-28(30)33-24(21)37/h15-20,22,27,38,41H,10-14H2,1-9H3,(H2,30,32,33)(H2,34,35,42)/t18-,19-,20+,22-,27?,29-/m0/s1. The lowest BCUT2D eigenvalue weighted by molar-refractivity contribution is -0.146. The number of aliphatic hydroxyl groups is 2. The van der Waals surface area contributed by atoms with Gasteiger partial charge >= 0.3 is 19.6 Å². The largest absolute Gasteiger partial charge is 0.465 e. The SMILES string of the molecule is CCOC(=O)[C@H](CC(C)C)NP(=O)(N[C@@H](CC(C)C)C(=O)OCC)OC[C@H]1OC(n2cnc3c(N(C)C)nc(N)nc32)[C@@](C)(O)[C@H]1O. The summed E-state index contributed by atoms with van der Waals surface area (Å²) in [6.45, 7) is 11.9. The number of imidazole rings is 1. The Morgan fingerprint density at radius 1 is 1.09 bits per heavy atom. The molecule has 2 aromatic rings. The van der Waals surface area contributed by atoms with Gasteiger partial charge in [0.15, 0.2) is 23.2 Å². The fraction of sp³-hybridized carbons (Fsp3) is 0.759. The molecule has 1 fully saturated rings. The van der Waals surface area contributed by atoms with Gasteiger partial charge in [0.2, 0.25) is 5.95 Å². The van der Waals surface area contributed by atoms with E-state index in [0.717, 1.165) is 0 Å². The molecule has 1 unspecified atom stereocenters. The Bertz CT molecular complexity index is 1380. The lowest BCUT2D eigenvalue weighted by Crippen LogP contribution is -2.47. The molecule has 1 aliphatic rings. The van der Waals surface area contributed by atoms with E-state index in [9.17, 15) is 24.4 Å². The summed E-state index contributed by atoms with van der Waals surface area (Å²) >= 11 is 0. The van der Waals surface area contributed by atoms with E-state index >= 15 is 0 Å². The summed E-state index contributed by atoms with van der Waals surface area (Å²) in [4.78, 5) is 40.4. The number of ether oxygens (including phenoxy) is 3. The van der Waals surface area contributed by atoms with Crippen molar-refractivity contribution in [3.8, 4) is 0 Å². The minimum Gasteiger partial charge on any atom is -0.465 e. The molecular weight excluding hydrogens is 635 g/mol. The number of nitrogen functional groups attached to an aromatic ring is 1. The summed E-state index contributed by atoms with van der Waals surface area (Å²) in [6, 6.07) is -2.12. The van der Waals surface area contributed by atoms with Crippen molar-refractivity contribution in [1.29, 1.82) is 0 Å². The summed E-state index contributed by atoms with van der Waals surface area (Å²) in [5, 5.41) is 28.3. The summed E-state index contributed by atoms with van der Waals surface area (Å²) in [5.41, 5.74) is 4.70. The molecule has 3 rings (SSSR count). The fourth-order valence-electron chi connectivity index (χ4n) is 5.31. The van der Waals surface area contributed by atoms with Crippen LogP contribution >= 0.6 is 7.67 Å². The van der Waals surface area contributed by atoms with Crippen LogP contribution in [0.2, 0.25) is 0 Å². The molecule has 6 N–H and O–H groups in total. The van der Waals surface area contributed by atoms with Gasteiger partial charge in [0.25, 0.3) is 0 Å². The molecule has 0 aliphatic carbocycles. The number of carbonyl (C=O) groups excluding carboxylic acids is 2. The highest BCUT2D eigenvalue weighted by molar-refractivity contribution is 7.54. The Morgan fingerprint density at radius 2 is 1.62 bits per heavy atom. The number of rotatable bonds is 17. The van der Waals surface area contributed by atoms with Crippen molar-refractivity contribution < 1.29 is 43.1 Å². The van der Waals surface area contributed by atoms with Crippen LogP contribution in [-0.2, 0) is 32.9 Å². The molecule has 3 heterocycles. The highest BCUT2D eigenvalue weighted by atomic mass is 31.2. The second-order valence-electron chi connectivity index (χ2n) is 12.8. The van der Waals surface area contributed by atoms with Gasteiger partial charge in [0, 0.05) is 14.1 Å². The van der Waals surface area contributed by atoms with Crippen LogP contribution in [0.25, 0.3) is 11.2 Å². The van der Waals surface area contributed by atoms with E-state index < -0.39 is 62.3 Å². The quantitative estimate of drug-likeness (QED) is 0.118. The van der Waals surface area contributed by atoms with Gasteiger partial charge in [-0.3, -0.25) is 18.7 Å². The lowest BCUT2D eigenvalue weighted by atomic mass is 9.96. The minimum absolute atomic E-state index is 0.00595. The topological polar surface area (TPSA) is 226 Å². The van der Waals surface area contributed by atoms with Crippen molar-refractivity contribution in [2.24, 2.45) is 11.8 Å². The molecule has 0 aromatic carbocycles. The number of nitrogens with two attached hydrogens (primary N) is 1. The highest BCUT2D eigenvalue weighted by Crippen LogP contribution is 2.45. The van der Waals surface area contributed by atoms with E-state index in [4.69, 9.17) is 24.5 Å². The maximum Gasteiger partial charge on any atom is 0.342 e. The van der Waals surface area contributed by atoms with Crippen molar-refractivity contribution in [2.75, 3.05) is 44.5 Å². The van der Waals surface area contributed by atoms with E-state index in [1.807, 2.05) is 27.7 Å². The second kappa shape index (κ2) is 16.0. The molecule has 0 spiro atoms. The molecule has 1 saturated heterocycles. The average molecular weight is 687 g/mol. The number of esters is 2. The van der Waals surface area contributed by atoms with Gasteiger partial charge < -0.3 is 39.6 Å².